The van der Waals surface area contributed by atoms with E-state index in [1.54, 1.807) is 29.2 Å². The maximum absolute atomic E-state index is 13.9. The monoisotopic (exact) mass is 766 g/mol. The van der Waals surface area contributed by atoms with Gasteiger partial charge in [-0.05, 0) is 91.4 Å². The summed E-state index contributed by atoms with van der Waals surface area (Å²) < 4.78 is 4.80. The van der Waals surface area contributed by atoms with Gasteiger partial charge in [0.25, 0.3) is 0 Å². The molecule has 4 aromatic carbocycles. The molecule has 9 rings (SSSR count). The molecule has 0 aliphatic carbocycles. The summed E-state index contributed by atoms with van der Waals surface area (Å²) in [5.41, 5.74) is 10.9. The number of H-pyrrole nitrogens is 2. The van der Waals surface area contributed by atoms with Gasteiger partial charge in [-0.3, -0.25) is 0 Å². The van der Waals surface area contributed by atoms with Crippen LogP contribution < -0.4 is 10.4 Å². The molecule has 3 saturated heterocycles. The van der Waals surface area contributed by atoms with Gasteiger partial charge in [0.05, 0.1) is 46.9 Å². The molecule has 3 aliphatic rings. The lowest BCUT2D eigenvalue weighted by Gasteiger charge is -2.36. The van der Waals surface area contributed by atoms with Crippen molar-refractivity contribution in [3.63, 3.8) is 0 Å². The Balaban J connectivity index is 0.905. The summed E-state index contributed by atoms with van der Waals surface area (Å²) in [7, 11) is 3.36. The highest BCUT2D eigenvalue weighted by atomic mass is 16.5. The summed E-state index contributed by atoms with van der Waals surface area (Å²) >= 11 is 0. The zero-order chi connectivity index (χ0) is 39.0. The fourth-order valence-electron chi connectivity index (χ4n) is 8.39. The smallest absolute Gasteiger partial charge is 0.426 e. The molecule has 5 amide bonds. The molecule has 5 heterocycles. The Hall–Kier alpha value is -6.41. The van der Waals surface area contributed by atoms with Crippen LogP contribution in [0.2, 0.25) is 0 Å². The lowest BCUT2D eigenvalue weighted by Crippen LogP contribution is -2.52. The van der Waals surface area contributed by atoms with E-state index in [0.717, 1.165) is 109 Å². The predicted octanol–water partition coefficient (Wildman–Crippen LogP) is 7.31. The lowest BCUT2D eigenvalue weighted by molar-refractivity contribution is 0.118. The lowest BCUT2D eigenvalue weighted by atomic mass is 10.00. The summed E-state index contributed by atoms with van der Waals surface area (Å²) in [6.07, 6.45) is 2.68. The minimum Gasteiger partial charge on any atom is -0.452 e. The first-order valence-electron chi connectivity index (χ1n) is 19.7. The highest BCUT2D eigenvalue weighted by Crippen LogP contribution is 2.36. The maximum atomic E-state index is 13.9. The Morgan fingerprint density at radius 3 is 1.77 bits per heavy atom. The number of hydrogen-bond donors (Lipinski definition) is 3. The van der Waals surface area contributed by atoms with Crippen molar-refractivity contribution < 1.29 is 19.1 Å². The van der Waals surface area contributed by atoms with Gasteiger partial charge in [0.2, 0.25) is 0 Å². The third kappa shape index (κ3) is 7.12. The number of urea groups is 2. The third-order valence-electron chi connectivity index (χ3n) is 11.5. The maximum Gasteiger partial charge on any atom is 0.426 e. The number of methoxy groups -OCH3 is 1. The molecule has 14 nitrogen and oxygen atoms in total. The van der Waals surface area contributed by atoms with Crippen LogP contribution in [0.1, 0.15) is 49.4 Å². The molecule has 2 aromatic heterocycles. The van der Waals surface area contributed by atoms with Crippen LogP contribution in [0.15, 0.2) is 91.0 Å². The molecule has 14 heteroatoms. The molecule has 0 unspecified atom stereocenters. The first-order valence-corrected chi connectivity index (χ1v) is 19.7. The SMILES string of the molecule is COC(=O)NN(C(=O)N1CCC[C@H]1c1nc2ccc(-c3ccc(-c4ccc5nc([C@@H]6CCCN6C(=O)N6CCN(C)CC6)[nH]c5c4)cc3)cc2[nH]1)c1ccccc1. The molecule has 6 aromatic rings. The highest BCUT2D eigenvalue weighted by molar-refractivity contribution is 5.94. The van der Waals surface area contributed by atoms with E-state index in [1.807, 2.05) is 21.9 Å². The van der Waals surface area contributed by atoms with E-state index in [-0.39, 0.29) is 24.1 Å². The van der Waals surface area contributed by atoms with Crippen LogP contribution in [-0.4, -0.2) is 111 Å². The molecule has 292 valence electrons. The van der Waals surface area contributed by atoms with Gasteiger partial charge in [-0.25, -0.2) is 29.8 Å². The zero-order valence-corrected chi connectivity index (χ0v) is 32.1. The molecule has 3 N–H and O–H groups in total. The Bertz CT molecular complexity index is 2420. The predicted molar refractivity (Wildman–Crippen MR) is 218 cm³/mol. The number of carbonyl (C=O) groups excluding carboxylic acids is 3. The minimum absolute atomic E-state index is 0.0458. The van der Waals surface area contributed by atoms with Crippen LogP contribution >= 0.6 is 0 Å². The van der Waals surface area contributed by atoms with Crippen molar-refractivity contribution in [3.8, 4) is 22.3 Å². The second-order valence-electron chi connectivity index (χ2n) is 15.1. The number of ether oxygens (including phenoxy) is 1. The molecular weight excluding hydrogens is 721 g/mol. The van der Waals surface area contributed by atoms with Gasteiger partial charge in [0.15, 0.2) is 0 Å². The van der Waals surface area contributed by atoms with E-state index in [9.17, 15) is 14.4 Å². The summed E-state index contributed by atoms with van der Waals surface area (Å²) in [5.74, 6) is 1.56. The van der Waals surface area contributed by atoms with Crippen molar-refractivity contribution in [2.24, 2.45) is 0 Å². The standard InChI is InChI=1S/C43H46N10O4/c1-49-22-24-50(25-23-49)42(55)51-20-6-10-37(51)39-44-33-18-16-30(26-35(33)46-39)28-12-14-29(15-13-28)31-17-19-34-36(27-31)47-40(45-34)38-11-7-21-52(38)43(56)53(48-41(54)57-2)32-8-4-3-5-9-32/h3-5,8-9,12-19,26-27,37-38H,6-7,10-11,20-25H2,1-2H3,(H,44,46)(H,45,47)(H,48,54)/t37-,38-/m0/s1. The zero-order valence-electron chi connectivity index (χ0n) is 32.1. The molecule has 0 spiro atoms. The van der Waals surface area contributed by atoms with Gasteiger partial charge in [-0.15, -0.1) is 0 Å². The molecular formula is C43H46N10O4. The van der Waals surface area contributed by atoms with Gasteiger partial charge in [-0.1, -0.05) is 54.6 Å². The molecule has 3 fully saturated rings. The van der Waals surface area contributed by atoms with Gasteiger partial charge < -0.3 is 34.3 Å². The van der Waals surface area contributed by atoms with Crippen LogP contribution in [0.25, 0.3) is 44.3 Å². The molecule has 2 atom stereocenters. The van der Waals surface area contributed by atoms with Crippen LogP contribution in [0.4, 0.5) is 20.1 Å². The molecule has 0 radical (unpaired) electrons. The number of likely N-dealkylation sites (tertiary alicyclic amines) is 2. The summed E-state index contributed by atoms with van der Waals surface area (Å²) in [5, 5.41) is 1.22. The largest absolute Gasteiger partial charge is 0.452 e. The molecule has 57 heavy (non-hydrogen) atoms. The number of para-hydroxylation sites is 1. The van der Waals surface area contributed by atoms with Crippen LogP contribution in [-0.2, 0) is 4.74 Å². The number of nitrogens with zero attached hydrogens (tertiary/aromatic N) is 7. The van der Waals surface area contributed by atoms with Crippen LogP contribution in [0, 0.1) is 0 Å². The average molecular weight is 767 g/mol. The van der Waals surface area contributed by atoms with E-state index in [2.05, 4.69) is 81.9 Å². The van der Waals surface area contributed by atoms with Crippen molar-refractivity contribution in [3.05, 3.63) is 103 Å². The topological polar surface area (TPSA) is 146 Å². The normalized spacial score (nSPS) is 18.7. The Morgan fingerprint density at radius 1 is 0.684 bits per heavy atom. The van der Waals surface area contributed by atoms with Crippen LogP contribution in [0.5, 0.6) is 0 Å². The number of aromatic nitrogens is 4. The number of amides is 5. The molecule has 0 saturated carbocycles. The number of anilines is 1. The van der Waals surface area contributed by atoms with Crippen molar-refractivity contribution in [1.82, 2.24) is 45.0 Å². The fraction of sp³-hybridized carbons (Fsp3) is 0.326. The number of carbonyl (C=O) groups is 3. The molecule has 3 aliphatic heterocycles. The van der Waals surface area contributed by atoms with Crippen molar-refractivity contribution in [2.75, 3.05) is 58.4 Å². The quantitative estimate of drug-likeness (QED) is 0.156. The van der Waals surface area contributed by atoms with Gasteiger partial charge in [0.1, 0.15) is 11.6 Å². The molecule has 0 bridgehead atoms. The number of hydrogen-bond acceptors (Lipinski definition) is 7. The van der Waals surface area contributed by atoms with E-state index in [4.69, 9.17) is 14.7 Å². The third-order valence-corrected chi connectivity index (χ3v) is 11.5. The number of rotatable bonds is 5. The number of fused-ring (bicyclic) bond motifs is 2. The first-order chi connectivity index (χ1) is 27.8. The number of likely N-dealkylation sites (N-methyl/N-ethyl adjacent to an activating group) is 1. The second kappa shape index (κ2) is 15.3. The summed E-state index contributed by atoms with van der Waals surface area (Å²) in [4.78, 5) is 64.5. The van der Waals surface area contributed by atoms with E-state index < -0.39 is 6.09 Å². The Kier molecular flexibility index (Phi) is 9.70. The Morgan fingerprint density at radius 2 is 1.21 bits per heavy atom. The second-order valence-corrected chi connectivity index (χ2v) is 15.1. The van der Waals surface area contributed by atoms with E-state index in [1.165, 1.54) is 12.1 Å². The number of nitrogens with one attached hydrogen (secondary N) is 3. The number of hydrazine groups is 1. The van der Waals surface area contributed by atoms with E-state index in [0.29, 0.717) is 18.1 Å². The first kappa shape index (κ1) is 36.2. The minimum atomic E-state index is -0.734. The average Bonchev–Trinajstić information content (AvgIpc) is 4.08. The summed E-state index contributed by atoms with van der Waals surface area (Å²) in [6.45, 7) is 4.60. The van der Waals surface area contributed by atoms with E-state index >= 15 is 0 Å². The van der Waals surface area contributed by atoms with Crippen molar-refractivity contribution >= 4 is 45.9 Å². The highest BCUT2D eigenvalue weighted by Gasteiger charge is 2.37. The number of piperazine rings is 1. The number of aromatic amines is 2. The van der Waals surface area contributed by atoms with Crippen LogP contribution in [0.3, 0.4) is 0 Å². The fourth-order valence-corrected chi connectivity index (χ4v) is 8.39. The Labute approximate surface area is 330 Å². The summed E-state index contributed by atoms with van der Waals surface area (Å²) in [6, 6.07) is 29.4. The number of imidazole rings is 2. The van der Waals surface area contributed by atoms with Crippen molar-refractivity contribution in [1.29, 1.82) is 0 Å². The van der Waals surface area contributed by atoms with Gasteiger partial charge >= 0.3 is 18.2 Å². The number of benzene rings is 4. The van der Waals surface area contributed by atoms with Crippen molar-refractivity contribution in [2.45, 2.75) is 37.8 Å². The van der Waals surface area contributed by atoms with Gasteiger partial charge in [-0.2, -0.15) is 5.01 Å². The van der Waals surface area contributed by atoms with Gasteiger partial charge in [0, 0.05) is 39.3 Å².